The van der Waals surface area contributed by atoms with Gasteiger partial charge in [0.25, 0.3) is 5.91 Å². The highest BCUT2D eigenvalue weighted by atomic mass is 16.5. The van der Waals surface area contributed by atoms with Crippen molar-refractivity contribution in [3.8, 4) is 0 Å². The number of rotatable bonds is 5. The molecule has 0 aromatic heterocycles. The van der Waals surface area contributed by atoms with E-state index in [1.807, 2.05) is 0 Å². The summed E-state index contributed by atoms with van der Waals surface area (Å²) >= 11 is 0. The molecular weight excluding hydrogens is 436 g/mol. The lowest BCUT2D eigenvalue weighted by Crippen LogP contribution is -2.54. The Balaban J connectivity index is 1.53. The number of carbonyl (C=O) groups excluding carboxylic acids is 4. The quantitative estimate of drug-likeness (QED) is 0.506. The van der Waals surface area contributed by atoms with Crippen LogP contribution in [0.15, 0.2) is 18.2 Å². The van der Waals surface area contributed by atoms with Crippen LogP contribution in [-0.4, -0.2) is 61.0 Å². The van der Waals surface area contributed by atoms with Gasteiger partial charge in [-0.25, -0.2) is 9.59 Å². The number of nitrogens with one attached hydrogen (secondary N) is 2. The Bertz CT molecular complexity index is 1020. The van der Waals surface area contributed by atoms with E-state index in [-0.39, 0.29) is 23.8 Å². The minimum Gasteiger partial charge on any atom is -0.465 e. The van der Waals surface area contributed by atoms with Crippen molar-refractivity contribution in [2.75, 3.05) is 37.0 Å². The fourth-order valence-corrected chi connectivity index (χ4v) is 6.10. The number of anilines is 2. The van der Waals surface area contributed by atoms with Gasteiger partial charge in [-0.15, -0.1) is 0 Å². The molecule has 0 bridgehead atoms. The first-order chi connectivity index (χ1) is 16.0. The number of hydrogen-bond donors (Lipinski definition) is 2. The number of carbonyl (C=O) groups is 4. The SMILES string of the molecule is COC(=O)c1ccc(N2CCCC2)c(NC(=O)CN2C(=O)NC3(CC(C)CC(C)(C)C3)C2=O)c1. The van der Waals surface area contributed by atoms with E-state index in [1.54, 1.807) is 18.2 Å². The lowest BCUT2D eigenvalue weighted by Gasteiger charge is -2.43. The summed E-state index contributed by atoms with van der Waals surface area (Å²) in [6.45, 7) is 7.61. The predicted molar refractivity (Wildman–Crippen MR) is 128 cm³/mol. The zero-order valence-electron chi connectivity index (χ0n) is 20.4. The number of benzene rings is 1. The molecule has 1 spiro atoms. The molecule has 3 aliphatic rings. The zero-order valence-corrected chi connectivity index (χ0v) is 20.4. The Labute approximate surface area is 200 Å². The lowest BCUT2D eigenvalue weighted by molar-refractivity contribution is -0.136. The Hall–Kier alpha value is -3.10. The second-order valence-corrected chi connectivity index (χ2v) is 10.7. The van der Waals surface area contributed by atoms with E-state index in [2.05, 4.69) is 36.3 Å². The third-order valence-electron chi connectivity index (χ3n) is 7.06. The Morgan fingerprint density at radius 1 is 1.18 bits per heavy atom. The Kier molecular flexibility index (Phi) is 6.31. The maximum absolute atomic E-state index is 13.4. The highest BCUT2D eigenvalue weighted by Gasteiger charge is 2.56. The van der Waals surface area contributed by atoms with Gasteiger partial charge in [0.15, 0.2) is 0 Å². The first-order valence-corrected chi connectivity index (χ1v) is 11.9. The lowest BCUT2D eigenvalue weighted by atomic mass is 9.64. The van der Waals surface area contributed by atoms with Gasteiger partial charge < -0.3 is 20.3 Å². The second kappa shape index (κ2) is 8.92. The molecule has 2 heterocycles. The highest BCUT2D eigenvalue weighted by Crippen LogP contribution is 2.46. The molecule has 4 rings (SSSR count). The summed E-state index contributed by atoms with van der Waals surface area (Å²) < 4.78 is 4.82. The molecule has 34 heavy (non-hydrogen) atoms. The molecule has 2 N–H and O–H groups in total. The second-order valence-electron chi connectivity index (χ2n) is 10.7. The molecule has 1 aliphatic carbocycles. The average Bonchev–Trinajstić information content (AvgIpc) is 3.35. The van der Waals surface area contributed by atoms with Crippen molar-refractivity contribution in [1.82, 2.24) is 10.2 Å². The summed E-state index contributed by atoms with van der Waals surface area (Å²) in [5.41, 5.74) is 0.536. The molecule has 0 radical (unpaired) electrons. The van der Waals surface area contributed by atoms with Gasteiger partial charge in [-0.05, 0) is 61.6 Å². The van der Waals surface area contributed by atoms with E-state index < -0.39 is 23.4 Å². The normalized spacial score (nSPS) is 26.1. The van der Waals surface area contributed by atoms with E-state index in [0.29, 0.717) is 24.1 Å². The molecular formula is C25H34N4O5. The van der Waals surface area contributed by atoms with Gasteiger partial charge in [-0.1, -0.05) is 20.8 Å². The van der Waals surface area contributed by atoms with Crippen LogP contribution in [0.5, 0.6) is 0 Å². The maximum atomic E-state index is 13.4. The van der Waals surface area contributed by atoms with Gasteiger partial charge >= 0.3 is 12.0 Å². The van der Waals surface area contributed by atoms with E-state index in [9.17, 15) is 19.2 Å². The van der Waals surface area contributed by atoms with Crippen LogP contribution in [0.1, 0.15) is 63.2 Å². The molecule has 2 aliphatic heterocycles. The number of imide groups is 1. The molecule has 3 fully saturated rings. The average molecular weight is 471 g/mol. The molecule has 4 amide bonds. The van der Waals surface area contributed by atoms with Crippen molar-refractivity contribution in [3.63, 3.8) is 0 Å². The number of methoxy groups -OCH3 is 1. The minimum absolute atomic E-state index is 0.0855. The van der Waals surface area contributed by atoms with Gasteiger partial charge in [0.1, 0.15) is 12.1 Å². The highest BCUT2D eigenvalue weighted by molar-refractivity contribution is 6.10. The Morgan fingerprint density at radius 3 is 2.53 bits per heavy atom. The number of esters is 1. The van der Waals surface area contributed by atoms with Crippen molar-refractivity contribution in [1.29, 1.82) is 0 Å². The van der Waals surface area contributed by atoms with Gasteiger partial charge in [0.05, 0.1) is 24.0 Å². The third-order valence-corrected chi connectivity index (χ3v) is 7.06. The van der Waals surface area contributed by atoms with Crippen LogP contribution in [0.2, 0.25) is 0 Å². The van der Waals surface area contributed by atoms with Crippen LogP contribution in [0.4, 0.5) is 16.2 Å². The van der Waals surface area contributed by atoms with Crippen LogP contribution in [0.25, 0.3) is 0 Å². The van der Waals surface area contributed by atoms with Crippen LogP contribution < -0.4 is 15.5 Å². The summed E-state index contributed by atoms with van der Waals surface area (Å²) in [7, 11) is 1.30. The van der Waals surface area contributed by atoms with Crippen molar-refractivity contribution in [3.05, 3.63) is 23.8 Å². The fraction of sp³-hybridized carbons (Fsp3) is 0.600. The summed E-state index contributed by atoms with van der Waals surface area (Å²) in [6.07, 6.45) is 4.19. The van der Waals surface area contributed by atoms with Crippen molar-refractivity contribution >= 4 is 35.2 Å². The van der Waals surface area contributed by atoms with E-state index in [1.165, 1.54) is 7.11 Å². The molecule has 2 atom stereocenters. The summed E-state index contributed by atoms with van der Waals surface area (Å²) in [5, 5.41) is 5.73. The molecule has 2 unspecified atom stereocenters. The van der Waals surface area contributed by atoms with Gasteiger partial charge in [0, 0.05) is 13.1 Å². The van der Waals surface area contributed by atoms with Gasteiger partial charge in [0.2, 0.25) is 5.91 Å². The number of ether oxygens (including phenoxy) is 1. The zero-order chi connectivity index (χ0) is 24.7. The van der Waals surface area contributed by atoms with Gasteiger partial charge in [-0.3, -0.25) is 14.5 Å². The fourth-order valence-electron chi connectivity index (χ4n) is 6.10. The first kappa shape index (κ1) is 24.0. The molecule has 1 saturated carbocycles. The molecule has 9 nitrogen and oxygen atoms in total. The standard InChI is InChI=1S/C25H34N4O5/c1-16-12-24(2,3)15-25(13-16)22(32)29(23(33)27-25)14-20(30)26-18-11-17(21(31)34-4)7-8-19(18)28-9-5-6-10-28/h7-8,11,16H,5-6,9-10,12-15H2,1-4H3,(H,26,30)(H,27,33). The van der Waals surface area contributed by atoms with Crippen molar-refractivity contribution in [2.24, 2.45) is 11.3 Å². The monoisotopic (exact) mass is 470 g/mol. The number of hydrogen-bond acceptors (Lipinski definition) is 6. The summed E-state index contributed by atoms with van der Waals surface area (Å²) in [4.78, 5) is 54.4. The van der Waals surface area contributed by atoms with Crippen LogP contribution in [0, 0.1) is 11.3 Å². The summed E-state index contributed by atoms with van der Waals surface area (Å²) in [5.74, 6) is -1.05. The molecule has 2 saturated heterocycles. The van der Waals surface area contributed by atoms with Crippen LogP contribution in [0.3, 0.4) is 0 Å². The maximum Gasteiger partial charge on any atom is 0.337 e. The first-order valence-electron chi connectivity index (χ1n) is 11.9. The van der Waals surface area contributed by atoms with Crippen molar-refractivity contribution in [2.45, 2.75) is 58.4 Å². The number of amides is 4. The van der Waals surface area contributed by atoms with Gasteiger partial charge in [-0.2, -0.15) is 0 Å². The smallest absolute Gasteiger partial charge is 0.337 e. The molecule has 184 valence electrons. The summed E-state index contributed by atoms with van der Waals surface area (Å²) in [6, 6.07) is 4.51. The predicted octanol–water partition coefficient (Wildman–Crippen LogP) is 3.15. The minimum atomic E-state index is -0.954. The van der Waals surface area contributed by atoms with Crippen LogP contribution in [-0.2, 0) is 14.3 Å². The molecule has 9 heteroatoms. The van der Waals surface area contributed by atoms with E-state index in [0.717, 1.165) is 42.9 Å². The molecule has 1 aromatic carbocycles. The van der Waals surface area contributed by atoms with E-state index >= 15 is 0 Å². The molecule has 1 aromatic rings. The number of urea groups is 1. The number of nitrogens with zero attached hydrogens (tertiary/aromatic N) is 2. The van der Waals surface area contributed by atoms with Crippen molar-refractivity contribution < 1.29 is 23.9 Å². The Morgan fingerprint density at radius 2 is 1.88 bits per heavy atom. The van der Waals surface area contributed by atoms with Crippen LogP contribution >= 0.6 is 0 Å². The topological polar surface area (TPSA) is 108 Å². The van der Waals surface area contributed by atoms with E-state index in [4.69, 9.17) is 4.74 Å². The largest absolute Gasteiger partial charge is 0.465 e. The third kappa shape index (κ3) is 4.60.